The second-order valence-electron chi connectivity index (χ2n) is 4.19. The Morgan fingerprint density at radius 3 is 2.94 bits per heavy atom. The van der Waals surface area contributed by atoms with Crippen LogP contribution in [-0.2, 0) is 11.8 Å². The van der Waals surface area contributed by atoms with Gasteiger partial charge in [-0.2, -0.15) is 5.26 Å². The van der Waals surface area contributed by atoms with E-state index in [-0.39, 0.29) is 5.41 Å². The summed E-state index contributed by atoms with van der Waals surface area (Å²) in [6, 6.07) is 8.50. The summed E-state index contributed by atoms with van der Waals surface area (Å²) in [5, 5.41) is 10.3. The zero-order valence-electron chi connectivity index (χ0n) is 9.29. The van der Waals surface area contributed by atoms with Gasteiger partial charge in [-0.15, -0.1) is 0 Å². The molecular formula is C13H14BrNO. The van der Waals surface area contributed by atoms with Crippen LogP contribution in [0.2, 0.25) is 0 Å². The van der Waals surface area contributed by atoms with E-state index in [9.17, 15) is 5.26 Å². The maximum atomic E-state index is 9.34. The molecule has 0 aromatic heterocycles. The average Bonchev–Trinajstić information content (AvgIpc) is 2.30. The molecule has 0 saturated carbocycles. The van der Waals surface area contributed by atoms with Crippen LogP contribution in [0, 0.1) is 11.3 Å². The first-order chi connectivity index (χ1) is 7.75. The van der Waals surface area contributed by atoms with Crippen molar-refractivity contribution in [2.75, 3.05) is 12.4 Å². The van der Waals surface area contributed by atoms with Crippen molar-refractivity contribution < 1.29 is 4.74 Å². The first-order valence-electron chi connectivity index (χ1n) is 5.40. The molecule has 3 heteroatoms. The number of methoxy groups -OCH3 is 1. The molecule has 0 N–H and O–H groups in total. The normalized spacial score (nSPS) is 21.8. The van der Waals surface area contributed by atoms with Crippen LogP contribution in [0.5, 0.6) is 5.75 Å². The van der Waals surface area contributed by atoms with E-state index >= 15 is 0 Å². The number of rotatable bonds is 4. The number of fused-ring (bicyclic) bond motifs is 1. The molecule has 0 aliphatic heterocycles. The topological polar surface area (TPSA) is 33.0 Å². The lowest BCUT2D eigenvalue weighted by Gasteiger charge is -2.38. The van der Waals surface area contributed by atoms with E-state index in [0.29, 0.717) is 0 Å². The van der Waals surface area contributed by atoms with Crippen molar-refractivity contribution in [3.8, 4) is 11.8 Å². The van der Waals surface area contributed by atoms with Crippen LogP contribution in [0.3, 0.4) is 0 Å². The Hall–Kier alpha value is -1.01. The van der Waals surface area contributed by atoms with Gasteiger partial charge < -0.3 is 4.74 Å². The van der Waals surface area contributed by atoms with E-state index in [1.54, 1.807) is 7.11 Å². The van der Waals surface area contributed by atoms with Crippen LogP contribution < -0.4 is 4.74 Å². The fourth-order valence-corrected chi connectivity index (χ4v) is 2.65. The van der Waals surface area contributed by atoms with E-state index < -0.39 is 0 Å². The molecule has 1 unspecified atom stereocenters. The molecule has 0 heterocycles. The number of hydrogen-bond donors (Lipinski definition) is 0. The highest BCUT2D eigenvalue weighted by molar-refractivity contribution is 9.09. The average molecular weight is 280 g/mol. The summed E-state index contributed by atoms with van der Waals surface area (Å²) in [6.45, 7) is 0. The van der Waals surface area contributed by atoms with Crippen molar-refractivity contribution in [1.82, 2.24) is 0 Å². The number of nitrogens with zero attached hydrogens (tertiary/aromatic N) is 1. The lowest BCUT2D eigenvalue weighted by Crippen LogP contribution is -2.37. The molecule has 1 aliphatic rings. The monoisotopic (exact) mass is 279 g/mol. The van der Waals surface area contributed by atoms with Gasteiger partial charge in [0.25, 0.3) is 0 Å². The van der Waals surface area contributed by atoms with Crippen molar-refractivity contribution >= 4 is 15.9 Å². The number of hydrogen-bond acceptors (Lipinski definition) is 2. The van der Waals surface area contributed by atoms with E-state index in [1.165, 1.54) is 11.1 Å². The number of nitriles is 1. The molecule has 84 valence electrons. The van der Waals surface area contributed by atoms with E-state index in [1.807, 2.05) is 18.2 Å². The number of benzene rings is 1. The van der Waals surface area contributed by atoms with Crippen LogP contribution in [0.25, 0.3) is 0 Å². The van der Waals surface area contributed by atoms with Crippen molar-refractivity contribution in [2.45, 2.75) is 24.7 Å². The molecule has 1 atom stereocenters. The van der Waals surface area contributed by atoms with Gasteiger partial charge in [0.05, 0.1) is 18.6 Å². The van der Waals surface area contributed by atoms with Gasteiger partial charge >= 0.3 is 0 Å². The minimum Gasteiger partial charge on any atom is -0.497 e. The quantitative estimate of drug-likeness (QED) is 0.793. The summed E-state index contributed by atoms with van der Waals surface area (Å²) < 4.78 is 5.18. The first kappa shape index (κ1) is 11.5. The maximum Gasteiger partial charge on any atom is 0.119 e. The molecule has 2 nitrogen and oxygen atoms in total. The molecule has 0 radical (unpaired) electrons. The van der Waals surface area contributed by atoms with Gasteiger partial charge in [-0.3, -0.25) is 0 Å². The Morgan fingerprint density at radius 2 is 2.38 bits per heavy atom. The molecule has 1 aromatic rings. The van der Waals surface area contributed by atoms with Gasteiger partial charge in [0.1, 0.15) is 5.75 Å². The third-order valence-corrected chi connectivity index (χ3v) is 3.83. The van der Waals surface area contributed by atoms with Gasteiger partial charge in [0.2, 0.25) is 0 Å². The molecule has 0 amide bonds. The molecule has 0 spiro atoms. The fourth-order valence-electron chi connectivity index (χ4n) is 2.37. The molecule has 1 aliphatic carbocycles. The van der Waals surface area contributed by atoms with Crippen molar-refractivity contribution in [2.24, 2.45) is 0 Å². The van der Waals surface area contributed by atoms with Gasteiger partial charge in [-0.05, 0) is 42.5 Å². The number of halogens is 1. The number of alkyl halides is 1. The van der Waals surface area contributed by atoms with Crippen molar-refractivity contribution in [3.63, 3.8) is 0 Å². The molecule has 0 fully saturated rings. The van der Waals surface area contributed by atoms with Crippen LogP contribution in [-0.4, -0.2) is 12.4 Å². The highest BCUT2D eigenvalue weighted by Gasteiger charge is 2.42. The smallest absolute Gasteiger partial charge is 0.119 e. The lowest BCUT2D eigenvalue weighted by molar-refractivity contribution is 0.403. The Bertz CT molecular complexity index is 438. The van der Waals surface area contributed by atoms with Crippen LogP contribution in [0.4, 0.5) is 0 Å². The molecule has 0 saturated heterocycles. The van der Waals surface area contributed by atoms with Crippen molar-refractivity contribution in [1.29, 1.82) is 5.26 Å². The van der Waals surface area contributed by atoms with E-state index in [2.05, 4.69) is 22.0 Å². The maximum absolute atomic E-state index is 9.34. The molecule has 2 rings (SSSR count). The SMILES string of the molecule is COc1ccc2c(c1)CC2(C#N)CCCBr. The standard InChI is InChI=1S/C13H14BrNO/c1-16-11-3-4-12-10(7-11)8-13(12,9-15)5-2-6-14/h3-4,7H,2,5-6,8H2,1H3. The summed E-state index contributed by atoms with van der Waals surface area (Å²) in [6.07, 6.45) is 2.84. The zero-order chi connectivity index (χ0) is 11.6. The zero-order valence-corrected chi connectivity index (χ0v) is 10.9. The van der Waals surface area contributed by atoms with Crippen LogP contribution >= 0.6 is 15.9 Å². The van der Waals surface area contributed by atoms with Crippen LogP contribution in [0.15, 0.2) is 18.2 Å². The third kappa shape index (κ3) is 1.72. The summed E-state index contributed by atoms with van der Waals surface area (Å²) in [5.74, 6) is 0.880. The molecule has 1 aromatic carbocycles. The Balaban J connectivity index is 2.25. The van der Waals surface area contributed by atoms with Crippen LogP contribution in [0.1, 0.15) is 24.0 Å². The number of ether oxygens (including phenoxy) is 1. The highest BCUT2D eigenvalue weighted by atomic mass is 79.9. The first-order valence-corrected chi connectivity index (χ1v) is 6.52. The van der Waals surface area contributed by atoms with E-state index in [4.69, 9.17) is 4.74 Å². The fraction of sp³-hybridized carbons (Fsp3) is 0.462. The van der Waals surface area contributed by atoms with Crippen molar-refractivity contribution in [3.05, 3.63) is 29.3 Å². The largest absolute Gasteiger partial charge is 0.497 e. The van der Waals surface area contributed by atoms with Gasteiger partial charge in [0.15, 0.2) is 0 Å². The Labute approximate surface area is 104 Å². The molecule has 0 bridgehead atoms. The lowest BCUT2D eigenvalue weighted by atomic mass is 9.62. The van der Waals surface area contributed by atoms with Gasteiger partial charge in [0, 0.05) is 5.33 Å². The second kappa shape index (κ2) is 4.47. The van der Waals surface area contributed by atoms with Gasteiger partial charge in [-0.25, -0.2) is 0 Å². The van der Waals surface area contributed by atoms with E-state index in [0.717, 1.165) is 30.3 Å². The second-order valence-corrected chi connectivity index (χ2v) is 4.98. The predicted molar refractivity (Wildman–Crippen MR) is 67.0 cm³/mol. The summed E-state index contributed by atoms with van der Waals surface area (Å²) in [5.41, 5.74) is 2.21. The minimum absolute atomic E-state index is 0.241. The minimum atomic E-state index is -0.241. The third-order valence-electron chi connectivity index (χ3n) is 3.27. The summed E-state index contributed by atoms with van der Waals surface area (Å²) in [7, 11) is 1.67. The predicted octanol–water partition coefficient (Wildman–Crippen LogP) is 3.19. The van der Waals surface area contributed by atoms with Gasteiger partial charge in [-0.1, -0.05) is 22.0 Å². The summed E-state index contributed by atoms with van der Waals surface area (Å²) in [4.78, 5) is 0. The summed E-state index contributed by atoms with van der Waals surface area (Å²) >= 11 is 3.42. The molecular weight excluding hydrogens is 266 g/mol. The Morgan fingerprint density at radius 1 is 1.56 bits per heavy atom. The Kier molecular flexibility index (Phi) is 3.20. The highest BCUT2D eigenvalue weighted by Crippen LogP contribution is 2.45. The molecule has 16 heavy (non-hydrogen) atoms.